The summed E-state index contributed by atoms with van der Waals surface area (Å²) in [6, 6.07) is 0. The minimum absolute atomic E-state index is 0. The van der Waals surface area contributed by atoms with Gasteiger partial charge in [-0.25, -0.2) is 4.79 Å². The van der Waals surface area contributed by atoms with Gasteiger partial charge in [0.05, 0.1) is 32.3 Å². The maximum absolute atomic E-state index is 14.0. The Morgan fingerprint density at radius 2 is 1.70 bits per heavy atom. The van der Waals surface area contributed by atoms with Crippen LogP contribution in [0.4, 0.5) is 0 Å². The summed E-state index contributed by atoms with van der Waals surface area (Å²) in [5.41, 5.74) is 2.09. The highest BCUT2D eigenvalue weighted by Crippen LogP contribution is 2.60. The van der Waals surface area contributed by atoms with Crippen LogP contribution in [0.3, 0.4) is 0 Å². The van der Waals surface area contributed by atoms with E-state index in [2.05, 4.69) is 4.90 Å². The van der Waals surface area contributed by atoms with E-state index in [1.165, 1.54) is 19.3 Å². The molecule has 5 fully saturated rings. The summed E-state index contributed by atoms with van der Waals surface area (Å²) in [4.78, 5) is 41.5. The number of carbonyl (C=O) groups is 3. The third kappa shape index (κ3) is 6.80. The number of hydrogen-bond donors (Lipinski definition) is 0. The number of rotatable bonds is 12. The zero-order valence-corrected chi connectivity index (χ0v) is 26.8. The number of hydrogen-bond acceptors (Lipinski definition) is 9. The first-order valence-corrected chi connectivity index (χ1v) is 16.1. The van der Waals surface area contributed by atoms with Gasteiger partial charge in [0.15, 0.2) is 5.75 Å². The van der Waals surface area contributed by atoms with Crippen LogP contribution in [0.25, 0.3) is 0 Å². The second kappa shape index (κ2) is 14.2. The number of benzene rings is 1. The van der Waals surface area contributed by atoms with E-state index >= 15 is 0 Å². The van der Waals surface area contributed by atoms with Gasteiger partial charge in [0.25, 0.3) is 0 Å². The number of morpholine rings is 1. The molecule has 0 aromatic heterocycles. The zero-order valence-electron chi connectivity index (χ0n) is 26.0. The molecule has 6 aliphatic rings. The number of ether oxygens (including phenoxy) is 5. The van der Waals surface area contributed by atoms with E-state index in [0.717, 1.165) is 69.7 Å². The Bertz CT molecular complexity index is 1240. The highest BCUT2D eigenvalue weighted by Gasteiger charge is 2.56. The maximum Gasteiger partial charge on any atom is 0.342 e. The van der Waals surface area contributed by atoms with Crippen LogP contribution in [0.2, 0.25) is 0 Å². The summed E-state index contributed by atoms with van der Waals surface area (Å²) < 4.78 is 28.3. The predicted molar refractivity (Wildman–Crippen MR) is 165 cm³/mol. The van der Waals surface area contributed by atoms with Gasteiger partial charge < -0.3 is 23.7 Å². The number of cyclic esters (lactones) is 1. The summed E-state index contributed by atoms with van der Waals surface area (Å²) in [7, 11) is 1.60. The Morgan fingerprint density at radius 1 is 1.02 bits per heavy atom. The molecule has 0 radical (unpaired) electrons. The van der Waals surface area contributed by atoms with Gasteiger partial charge >= 0.3 is 17.9 Å². The number of carbonyl (C=O) groups excluding carboxylic acids is 3. The van der Waals surface area contributed by atoms with E-state index in [4.69, 9.17) is 23.7 Å². The SMILES string of the molecule is COc1c(C)c2c(c(OC(=O)C34CC5CC(CC(C5)C3)C4)c1CC=CCCC(=O)OCCCN1CCOCC1)C(=O)OC2.Cl. The van der Waals surface area contributed by atoms with Gasteiger partial charge in [0.2, 0.25) is 0 Å². The van der Waals surface area contributed by atoms with Gasteiger partial charge in [-0.05, 0) is 88.0 Å². The average molecular weight is 632 g/mol. The molecule has 4 bridgehead atoms. The topological polar surface area (TPSA) is 101 Å². The highest BCUT2D eigenvalue weighted by atomic mass is 35.5. The number of fused-ring (bicyclic) bond motifs is 1. The van der Waals surface area contributed by atoms with Crippen LogP contribution in [-0.4, -0.2) is 69.4 Å². The second-order valence-corrected chi connectivity index (χ2v) is 13.2. The lowest BCUT2D eigenvalue weighted by Gasteiger charge is -2.55. The minimum Gasteiger partial charge on any atom is -0.496 e. The third-order valence-corrected chi connectivity index (χ3v) is 10.3. The Labute approximate surface area is 266 Å². The van der Waals surface area contributed by atoms with E-state index in [9.17, 15) is 14.4 Å². The Hall–Kier alpha value is -2.62. The van der Waals surface area contributed by atoms with Crippen molar-refractivity contribution < 1.29 is 38.1 Å². The lowest BCUT2D eigenvalue weighted by Crippen LogP contribution is -2.51. The molecule has 1 saturated heterocycles. The van der Waals surface area contributed by atoms with Crippen LogP contribution in [-0.2, 0) is 36.8 Å². The van der Waals surface area contributed by atoms with Crippen molar-refractivity contribution in [3.63, 3.8) is 0 Å². The molecule has 2 aliphatic heterocycles. The summed E-state index contributed by atoms with van der Waals surface area (Å²) >= 11 is 0. The van der Waals surface area contributed by atoms with Crippen molar-refractivity contribution in [2.24, 2.45) is 23.2 Å². The molecule has 2 heterocycles. The van der Waals surface area contributed by atoms with Crippen LogP contribution in [0.5, 0.6) is 11.5 Å². The fourth-order valence-corrected chi connectivity index (χ4v) is 8.58. The molecule has 7 rings (SSSR count). The molecule has 4 aliphatic carbocycles. The molecule has 10 heteroatoms. The van der Waals surface area contributed by atoms with Crippen LogP contribution in [0.1, 0.15) is 84.8 Å². The van der Waals surface area contributed by atoms with Crippen LogP contribution >= 0.6 is 12.4 Å². The lowest BCUT2D eigenvalue weighted by molar-refractivity contribution is -0.161. The van der Waals surface area contributed by atoms with Crippen molar-refractivity contribution in [1.82, 2.24) is 4.90 Å². The smallest absolute Gasteiger partial charge is 0.342 e. The summed E-state index contributed by atoms with van der Waals surface area (Å²) in [5, 5.41) is 0. The van der Waals surface area contributed by atoms with E-state index in [-0.39, 0.29) is 43.1 Å². The summed E-state index contributed by atoms with van der Waals surface area (Å²) in [5.74, 6) is 1.80. The number of esters is 3. The molecule has 1 aromatic carbocycles. The fraction of sp³-hybridized carbons (Fsp3) is 0.676. The van der Waals surface area contributed by atoms with E-state index < -0.39 is 11.4 Å². The Kier molecular flexibility index (Phi) is 10.6. The van der Waals surface area contributed by atoms with Gasteiger partial charge in [0, 0.05) is 37.2 Å². The highest BCUT2D eigenvalue weighted by molar-refractivity contribution is 5.99. The molecule has 0 unspecified atom stereocenters. The molecule has 4 saturated carbocycles. The van der Waals surface area contributed by atoms with Crippen molar-refractivity contribution in [3.05, 3.63) is 34.4 Å². The quantitative estimate of drug-likeness (QED) is 0.131. The number of methoxy groups -OCH3 is 1. The first kappa shape index (κ1) is 32.8. The van der Waals surface area contributed by atoms with Crippen molar-refractivity contribution >= 4 is 30.3 Å². The molecular formula is C34H46ClNO8. The molecule has 1 aromatic rings. The molecule has 44 heavy (non-hydrogen) atoms. The number of nitrogens with zero attached hydrogens (tertiary/aromatic N) is 1. The van der Waals surface area contributed by atoms with Crippen LogP contribution < -0.4 is 9.47 Å². The minimum atomic E-state index is -0.462. The van der Waals surface area contributed by atoms with E-state index in [0.29, 0.717) is 54.1 Å². The first-order valence-electron chi connectivity index (χ1n) is 16.1. The van der Waals surface area contributed by atoms with Crippen LogP contribution in [0.15, 0.2) is 12.2 Å². The van der Waals surface area contributed by atoms with Crippen molar-refractivity contribution in [3.8, 4) is 11.5 Å². The predicted octanol–water partition coefficient (Wildman–Crippen LogP) is 5.36. The molecular weight excluding hydrogens is 586 g/mol. The zero-order chi connectivity index (χ0) is 30.0. The van der Waals surface area contributed by atoms with Crippen molar-refractivity contribution in [2.45, 2.75) is 77.7 Å². The first-order chi connectivity index (χ1) is 20.9. The van der Waals surface area contributed by atoms with Crippen molar-refractivity contribution in [1.29, 1.82) is 0 Å². The average Bonchev–Trinajstić information content (AvgIpc) is 3.38. The normalized spacial score (nSPS) is 27.1. The second-order valence-electron chi connectivity index (χ2n) is 13.2. The van der Waals surface area contributed by atoms with E-state index in [1.54, 1.807) is 7.11 Å². The monoisotopic (exact) mass is 631 g/mol. The molecule has 0 N–H and O–H groups in total. The van der Waals surface area contributed by atoms with Gasteiger partial charge in [-0.15, -0.1) is 12.4 Å². The lowest BCUT2D eigenvalue weighted by atomic mass is 9.49. The summed E-state index contributed by atoms with van der Waals surface area (Å²) in [6.45, 7) is 6.75. The molecule has 0 atom stereocenters. The molecule has 242 valence electrons. The van der Waals surface area contributed by atoms with Crippen LogP contribution in [0, 0.1) is 30.1 Å². The van der Waals surface area contributed by atoms with E-state index in [1.807, 2.05) is 19.1 Å². The van der Waals surface area contributed by atoms with Gasteiger partial charge in [-0.2, -0.15) is 0 Å². The van der Waals surface area contributed by atoms with Crippen molar-refractivity contribution in [2.75, 3.05) is 46.6 Å². The molecule has 0 amide bonds. The third-order valence-electron chi connectivity index (χ3n) is 10.3. The summed E-state index contributed by atoms with van der Waals surface area (Å²) in [6.07, 6.45) is 12.2. The number of allylic oxidation sites excluding steroid dienone is 2. The standard InChI is InChI=1S/C34H45NO8.ClH/c1-22-27-21-42-32(37)29(27)31(43-33(38)34-18-23-15-24(19-34)17-25(16-23)20-34)26(30(22)39-2)7-4-3-5-8-28(36)41-12-6-9-35-10-13-40-14-11-35;/h3-4,23-25H,5-21H2,1-2H3;1H. The maximum atomic E-state index is 14.0. The van der Waals surface area contributed by atoms with Gasteiger partial charge in [-0.1, -0.05) is 12.2 Å². The Morgan fingerprint density at radius 3 is 2.36 bits per heavy atom. The van der Waals surface area contributed by atoms with Gasteiger partial charge in [-0.3, -0.25) is 14.5 Å². The Balaban J connectivity index is 0.00000384. The largest absolute Gasteiger partial charge is 0.496 e. The fourth-order valence-electron chi connectivity index (χ4n) is 8.58. The number of halogens is 1. The molecule has 0 spiro atoms. The van der Waals surface area contributed by atoms with Gasteiger partial charge in [0.1, 0.15) is 17.9 Å². The molecule has 9 nitrogen and oxygen atoms in total.